The van der Waals surface area contributed by atoms with Gasteiger partial charge < -0.3 is 10.1 Å². The van der Waals surface area contributed by atoms with E-state index in [9.17, 15) is 0 Å². The fraction of sp³-hybridized carbons (Fsp3) is 0.412. The van der Waals surface area contributed by atoms with Gasteiger partial charge in [0.05, 0.1) is 12.6 Å². The van der Waals surface area contributed by atoms with Crippen LogP contribution in [0.15, 0.2) is 28.7 Å². The van der Waals surface area contributed by atoms with Crippen LogP contribution in [-0.2, 0) is 0 Å². The van der Waals surface area contributed by atoms with E-state index in [0.717, 1.165) is 16.8 Å². The number of aryl methyl sites for hydroxylation is 2. The first kappa shape index (κ1) is 16.5. The summed E-state index contributed by atoms with van der Waals surface area (Å²) >= 11 is 5.44. The Balaban J connectivity index is 2.48. The number of benzene rings is 1. The van der Waals surface area contributed by atoms with Gasteiger partial charge in [0.25, 0.3) is 0 Å². The molecule has 4 heteroatoms. The second-order valence-corrected chi connectivity index (χ2v) is 7.20. The van der Waals surface area contributed by atoms with Gasteiger partial charge in [0.1, 0.15) is 5.75 Å². The third-order valence-corrected chi connectivity index (χ3v) is 5.17. The topological polar surface area (TPSA) is 21.3 Å². The molecule has 0 saturated heterocycles. The van der Waals surface area contributed by atoms with E-state index in [-0.39, 0.29) is 6.04 Å². The standard InChI is InChI=1S/C17H22BrNOS/c1-5-19-17(16-9-11(3)12(4)21-16)14-10-13(18)7-8-15(14)20-6-2/h7-10,17,19H,5-6H2,1-4H3. The molecule has 1 unspecified atom stereocenters. The lowest BCUT2D eigenvalue weighted by Gasteiger charge is -2.20. The van der Waals surface area contributed by atoms with Crippen LogP contribution in [0.25, 0.3) is 0 Å². The van der Waals surface area contributed by atoms with Crippen LogP contribution in [0.1, 0.15) is 40.8 Å². The van der Waals surface area contributed by atoms with Gasteiger partial charge >= 0.3 is 0 Å². The van der Waals surface area contributed by atoms with Crippen molar-refractivity contribution in [2.75, 3.05) is 13.2 Å². The summed E-state index contributed by atoms with van der Waals surface area (Å²) in [5.41, 5.74) is 2.54. The van der Waals surface area contributed by atoms with E-state index in [1.165, 1.54) is 20.9 Å². The third kappa shape index (κ3) is 3.87. The van der Waals surface area contributed by atoms with E-state index in [2.05, 4.69) is 54.2 Å². The summed E-state index contributed by atoms with van der Waals surface area (Å²) in [4.78, 5) is 2.71. The number of ether oxygens (including phenoxy) is 1. The van der Waals surface area contributed by atoms with E-state index < -0.39 is 0 Å². The smallest absolute Gasteiger partial charge is 0.124 e. The van der Waals surface area contributed by atoms with Gasteiger partial charge in [0.15, 0.2) is 0 Å². The van der Waals surface area contributed by atoms with Crippen LogP contribution in [0.4, 0.5) is 0 Å². The first-order chi connectivity index (χ1) is 10.1. The molecule has 1 heterocycles. The zero-order chi connectivity index (χ0) is 15.4. The summed E-state index contributed by atoms with van der Waals surface area (Å²) in [6.07, 6.45) is 0. The van der Waals surface area contributed by atoms with Gasteiger partial charge in [0, 0.05) is 19.8 Å². The Labute approximate surface area is 139 Å². The number of halogens is 1. The summed E-state index contributed by atoms with van der Waals surface area (Å²) in [5.74, 6) is 0.954. The van der Waals surface area contributed by atoms with Crippen LogP contribution >= 0.6 is 27.3 Å². The summed E-state index contributed by atoms with van der Waals surface area (Å²) in [5, 5.41) is 3.59. The van der Waals surface area contributed by atoms with Crippen molar-refractivity contribution in [2.24, 2.45) is 0 Å². The van der Waals surface area contributed by atoms with Crippen LogP contribution in [-0.4, -0.2) is 13.2 Å². The highest BCUT2D eigenvalue weighted by Gasteiger charge is 2.20. The van der Waals surface area contributed by atoms with Gasteiger partial charge in [0.2, 0.25) is 0 Å². The summed E-state index contributed by atoms with van der Waals surface area (Å²) in [7, 11) is 0. The molecule has 1 atom stereocenters. The molecule has 1 aromatic carbocycles. The minimum Gasteiger partial charge on any atom is -0.494 e. The number of rotatable bonds is 6. The molecule has 1 aromatic heterocycles. The van der Waals surface area contributed by atoms with Crippen molar-refractivity contribution in [3.8, 4) is 5.75 Å². The lowest BCUT2D eigenvalue weighted by molar-refractivity contribution is 0.333. The number of hydrogen-bond acceptors (Lipinski definition) is 3. The maximum absolute atomic E-state index is 5.82. The molecule has 0 saturated carbocycles. The van der Waals surface area contributed by atoms with Crippen LogP contribution in [0.5, 0.6) is 5.75 Å². The molecule has 0 bridgehead atoms. The van der Waals surface area contributed by atoms with E-state index in [1.54, 1.807) is 0 Å². The Morgan fingerprint density at radius 1 is 1.24 bits per heavy atom. The van der Waals surface area contributed by atoms with Gasteiger partial charge in [-0.3, -0.25) is 0 Å². The fourth-order valence-corrected chi connectivity index (χ4v) is 3.86. The normalized spacial score (nSPS) is 12.4. The van der Waals surface area contributed by atoms with Crippen molar-refractivity contribution in [1.82, 2.24) is 5.32 Å². The summed E-state index contributed by atoms with van der Waals surface area (Å²) < 4.78 is 6.90. The molecule has 0 amide bonds. The molecule has 0 spiro atoms. The molecular weight excluding hydrogens is 346 g/mol. The van der Waals surface area contributed by atoms with Gasteiger partial charge in [-0.15, -0.1) is 11.3 Å². The van der Waals surface area contributed by atoms with E-state index in [4.69, 9.17) is 4.74 Å². The van der Waals surface area contributed by atoms with Crippen molar-refractivity contribution in [3.05, 3.63) is 49.6 Å². The molecule has 1 N–H and O–H groups in total. The molecule has 0 aliphatic carbocycles. The summed E-state index contributed by atoms with van der Waals surface area (Å²) in [6, 6.07) is 8.68. The van der Waals surface area contributed by atoms with Crippen molar-refractivity contribution < 1.29 is 4.74 Å². The van der Waals surface area contributed by atoms with Gasteiger partial charge in [-0.1, -0.05) is 22.9 Å². The predicted molar refractivity (Wildman–Crippen MR) is 94.6 cm³/mol. The molecular formula is C17H22BrNOS. The molecule has 21 heavy (non-hydrogen) atoms. The molecule has 2 nitrogen and oxygen atoms in total. The largest absolute Gasteiger partial charge is 0.494 e. The van der Waals surface area contributed by atoms with Crippen LogP contribution in [0.3, 0.4) is 0 Å². The number of nitrogens with one attached hydrogen (secondary N) is 1. The average molecular weight is 368 g/mol. The first-order valence-corrected chi connectivity index (χ1v) is 8.90. The molecule has 114 valence electrons. The van der Waals surface area contributed by atoms with Gasteiger partial charge in [-0.25, -0.2) is 0 Å². The van der Waals surface area contributed by atoms with Crippen LogP contribution < -0.4 is 10.1 Å². The second kappa shape index (κ2) is 7.43. The molecule has 0 fully saturated rings. The monoisotopic (exact) mass is 367 g/mol. The van der Waals surface area contributed by atoms with E-state index in [1.807, 2.05) is 30.4 Å². The Hall–Kier alpha value is -0.840. The molecule has 0 aliphatic heterocycles. The Kier molecular flexibility index (Phi) is 5.85. The van der Waals surface area contributed by atoms with Crippen LogP contribution in [0, 0.1) is 13.8 Å². The summed E-state index contributed by atoms with van der Waals surface area (Å²) in [6.45, 7) is 10.1. The SMILES string of the molecule is CCNC(c1cc(C)c(C)s1)c1cc(Br)ccc1OCC. The minimum atomic E-state index is 0.173. The maximum atomic E-state index is 5.82. The first-order valence-electron chi connectivity index (χ1n) is 7.29. The Bertz CT molecular complexity index is 589. The van der Waals surface area contributed by atoms with Crippen LogP contribution in [0.2, 0.25) is 0 Å². The zero-order valence-electron chi connectivity index (χ0n) is 13.0. The van der Waals surface area contributed by atoms with E-state index >= 15 is 0 Å². The highest BCUT2D eigenvalue weighted by molar-refractivity contribution is 9.10. The molecule has 2 aromatic rings. The minimum absolute atomic E-state index is 0.173. The van der Waals surface area contributed by atoms with E-state index in [0.29, 0.717) is 6.61 Å². The lowest BCUT2D eigenvalue weighted by atomic mass is 10.0. The van der Waals surface area contributed by atoms with Crippen molar-refractivity contribution in [1.29, 1.82) is 0 Å². The highest BCUT2D eigenvalue weighted by Crippen LogP contribution is 2.36. The van der Waals surface area contributed by atoms with Crippen molar-refractivity contribution >= 4 is 27.3 Å². The third-order valence-electron chi connectivity index (χ3n) is 3.46. The predicted octanol–water partition coefficient (Wildman–Crippen LogP) is 5.23. The van der Waals surface area contributed by atoms with Gasteiger partial charge in [-0.2, -0.15) is 0 Å². The zero-order valence-corrected chi connectivity index (χ0v) is 15.4. The maximum Gasteiger partial charge on any atom is 0.124 e. The highest BCUT2D eigenvalue weighted by atomic mass is 79.9. The Morgan fingerprint density at radius 3 is 2.57 bits per heavy atom. The molecule has 2 rings (SSSR count). The Morgan fingerprint density at radius 2 is 2.00 bits per heavy atom. The number of hydrogen-bond donors (Lipinski definition) is 1. The van der Waals surface area contributed by atoms with Crippen molar-refractivity contribution in [2.45, 2.75) is 33.7 Å². The second-order valence-electron chi connectivity index (χ2n) is 4.99. The average Bonchev–Trinajstić information content (AvgIpc) is 2.78. The molecule has 0 radical (unpaired) electrons. The fourth-order valence-electron chi connectivity index (χ4n) is 2.34. The lowest BCUT2D eigenvalue weighted by Crippen LogP contribution is -2.22. The van der Waals surface area contributed by atoms with Gasteiger partial charge in [-0.05, 0) is 57.1 Å². The van der Waals surface area contributed by atoms with Crippen molar-refractivity contribution in [3.63, 3.8) is 0 Å². The number of thiophene rings is 1. The molecule has 0 aliphatic rings. The quantitative estimate of drug-likeness (QED) is 0.754.